The van der Waals surface area contributed by atoms with E-state index in [0.29, 0.717) is 18.9 Å². The number of ether oxygens (including phenoxy) is 1. The predicted molar refractivity (Wildman–Crippen MR) is 95.1 cm³/mol. The Morgan fingerprint density at radius 2 is 1.45 bits per heavy atom. The van der Waals surface area contributed by atoms with E-state index in [0.717, 1.165) is 13.1 Å². The lowest BCUT2D eigenvalue weighted by Crippen LogP contribution is -2.22. The van der Waals surface area contributed by atoms with Gasteiger partial charge in [0.2, 0.25) is 0 Å². The zero-order valence-electron chi connectivity index (χ0n) is 15.3. The van der Waals surface area contributed by atoms with Gasteiger partial charge in [-0.2, -0.15) is 0 Å². The zero-order chi connectivity index (χ0) is 16.5. The number of carbonyl (C=O) groups is 1. The van der Waals surface area contributed by atoms with Crippen molar-refractivity contribution in [1.82, 2.24) is 5.32 Å². The molecule has 1 N–H and O–H groups in total. The minimum absolute atomic E-state index is 0.0417. The average Bonchev–Trinajstić information content (AvgIpc) is 2.52. The summed E-state index contributed by atoms with van der Waals surface area (Å²) in [5.41, 5.74) is 0. The van der Waals surface area contributed by atoms with E-state index in [2.05, 4.69) is 26.1 Å². The quantitative estimate of drug-likeness (QED) is 0.319. The van der Waals surface area contributed by atoms with Crippen LogP contribution in [0.1, 0.15) is 91.4 Å². The van der Waals surface area contributed by atoms with E-state index in [-0.39, 0.29) is 5.97 Å². The van der Waals surface area contributed by atoms with Crippen LogP contribution in [-0.4, -0.2) is 25.7 Å². The summed E-state index contributed by atoms with van der Waals surface area (Å²) < 4.78 is 5.49. The van der Waals surface area contributed by atoms with Gasteiger partial charge in [-0.3, -0.25) is 4.79 Å². The summed E-state index contributed by atoms with van der Waals surface area (Å²) in [4.78, 5) is 11.8. The number of rotatable bonds is 16. The fraction of sp³-hybridized carbons (Fsp3) is 0.947. The van der Waals surface area contributed by atoms with Gasteiger partial charge < -0.3 is 10.1 Å². The molecule has 0 saturated carbocycles. The summed E-state index contributed by atoms with van der Waals surface area (Å²) in [6.07, 6.45) is 12.9. The SMILES string of the molecule is CCCCCC(CCCCC)COC(=O)CCNCCCC. The Morgan fingerprint density at radius 3 is 2.00 bits per heavy atom. The van der Waals surface area contributed by atoms with E-state index in [1.54, 1.807) is 0 Å². The fourth-order valence-corrected chi connectivity index (χ4v) is 2.58. The van der Waals surface area contributed by atoms with Crippen LogP contribution in [0.25, 0.3) is 0 Å². The predicted octanol–water partition coefficient (Wildman–Crippen LogP) is 5.09. The van der Waals surface area contributed by atoms with Crippen molar-refractivity contribution in [3.8, 4) is 0 Å². The molecular formula is C19H39NO2. The van der Waals surface area contributed by atoms with E-state index in [9.17, 15) is 4.79 Å². The second kappa shape index (κ2) is 16.8. The van der Waals surface area contributed by atoms with Crippen LogP contribution >= 0.6 is 0 Å². The topological polar surface area (TPSA) is 38.3 Å². The molecule has 0 aliphatic heterocycles. The summed E-state index contributed by atoms with van der Waals surface area (Å²) in [7, 11) is 0. The Labute approximate surface area is 138 Å². The third kappa shape index (κ3) is 14.4. The van der Waals surface area contributed by atoms with Crippen molar-refractivity contribution < 1.29 is 9.53 Å². The van der Waals surface area contributed by atoms with Crippen LogP contribution in [0.5, 0.6) is 0 Å². The first-order valence-electron chi connectivity index (χ1n) is 9.60. The van der Waals surface area contributed by atoms with Crippen LogP contribution in [0.4, 0.5) is 0 Å². The molecule has 0 bridgehead atoms. The molecule has 3 heteroatoms. The molecule has 0 atom stereocenters. The molecule has 132 valence electrons. The second-order valence-corrected chi connectivity index (χ2v) is 6.39. The highest BCUT2D eigenvalue weighted by atomic mass is 16.5. The third-order valence-electron chi connectivity index (χ3n) is 4.12. The first-order valence-corrected chi connectivity index (χ1v) is 9.60. The fourth-order valence-electron chi connectivity index (χ4n) is 2.58. The summed E-state index contributed by atoms with van der Waals surface area (Å²) in [6.45, 7) is 9.01. The molecule has 0 spiro atoms. The van der Waals surface area contributed by atoms with E-state index in [1.165, 1.54) is 64.2 Å². The second-order valence-electron chi connectivity index (χ2n) is 6.39. The summed E-state index contributed by atoms with van der Waals surface area (Å²) >= 11 is 0. The Kier molecular flexibility index (Phi) is 16.4. The molecule has 0 aromatic carbocycles. The van der Waals surface area contributed by atoms with E-state index in [4.69, 9.17) is 4.74 Å². The number of nitrogens with one attached hydrogen (secondary N) is 1. The van der Waals surface area contributed by atoms with Crippen molar-refractivity contribution in [1.29, 1.82) is 0 Å². The lowest BCUT2D eigenvalue weighted by molar-refractivity contribution is -0.145. The van der Waals surface area contributed by atoms with Gasteiger partial charge in [0.1, 0.15) is 0 Å². The van der Waals surface area contributed by atoms with Gasteiger partial charge in [0.25, 0.3) is 0 Å². The van der Waals surface area contributed by atoms with Crippen molar-refractivity contribution in [2.45, 2.75) is 91.4 Å². The van der Waals surface area contributed by atoms with E-state index >= 15 is 0 Å². The van der Waals surface area contributed by atoms with Crippen LogP contribution in [-0.2, 0) is 9.53 Å². The van der Waals surface area contributed by atoms with Crippen LogP contribution < -0.4 is 5.32 Å². The van der Waals surface area contributed by atoms with Crippen molar-refractivity contribution >= 4 is 5.97 Å². The third-order valence-corrected chi connectivity index (χ3v) is 4.12. The molecule has 0 rings (SSSR count). The maximum absolute atomic E-state index is 11.8. The standard InChI is InChI=1S/C19H39NO2/c1-4-7-10-12-18(13-11-8-5-2)17-22-19(21)14-16-20-15-9-6-3/h18,20H,4-17H2,1-3H3. The van der Waals surface area contributed by atoms with Crippen molar-refractivity contribution in [2.24, 2.45) is 5.92 Å². The van der Waals surface area contributed by atoms with Gasteiger partial charge in [-0.25, -0.2) is 0 Å². The lowest BCUT2D eigenvalue weighted by Gasteiger charge is -2.17. The summed E-state index contributed by atoms with van der Waals surface area (Å²) in [6, 6.07) is 0. The average molecular weight is 314 g/mol. The maximum atomic E-state index is 11.8. The number of carbonyl (C=O) groups excluding carboxylic acids is 1. The summed E-state index contributed by atoms with van der Waals surface area (Å²) in [5.74, 6) is 0.523. The van der Waals surface area contributed by atoms with Gasteiger partial charge in [-0.15, -0.1) is 0 Å². The first kappa shape index (κ1) is 21.4. The minimum Gasteiger partial charge on any atom is -0.465 e. The van der Waals surface area contributed by atoms with Crippen molar-refractivity contribution in [2.75, 3.05) is 19.7 Å². The molecule has 0 heterocycles. The monoisotopic (exact) mass is 313 g/mol. The highest BCUT2D eigenvalue weighted by Crippen LogP contribution is 2.18. The molecule has 0 aromatic rings. The molecule has 0 aliphatic rings. The number of esters is 1. The van der Waals surface area contributed by atoms with Crippen LogP contribution in [0.3, 0.4) is 0 Å². The zero-order valence-corrected chi connectivity index (χ0v) is 15.3. The molecule has 0 fully saturated rings. The molecule has 0 aliphatic carbocycles. The van der Waals surface area contributed by atoms with Crippen LogP contribution in [0.2, 0.25) is 0 Å². The Morgan fingerprint density at radius 1 is 0.864 bits per heavy atom. The van der Waals surface area contributed by atoms with Gasteiger partial charge in [-0.1, -0.05) is 65.7 Å². The van der Waals surface area contributed by atoms with Crippen LogP contribution in [0, 0.1) is 5.92 Å². The number of hydrogen-bond acceptors (Lipinski definition) is 3. The van der Waals surface area contributed by atoms with Crippen molar-refractivity contribution in [3.63, 3.8) is 0 Å². The highest BCUT2D eigenvalue weighted by molar-refractivity contribution is 5.69. The molecule has 0 saturated heterocycles. The first-order chi connectivity index (χ1) is 10.7. The van der Waals surface area contributed by atoms with Gasteiger partial charge in [0.15, 0.2) is 0 Å². The van der Waals surface area contributed by atoms with Crippen LogP contribution in [0.15, 0.2) is 0 Å². The normalized spacial score (nSPS) is 11.1. The van der Waals surface area contributed by atoms with Gasteiger partial charge in [0, 0.05) is 6.54 Å². The Bertz CT molecular complexity index is 234. The molecule has 0 unspecified atom stereocenters. The summed E-state index contributed by atoms with van der Waals surface area (Å²) in [5, 5.41) is 3.29. The van der Waals surface area contributed by atoms with E-state index in [1.807, 2.05) is 0 Å². The van der Waals surface area contributed by atoms with Gasteiger partial charge in [0.05, 0.1) is 13.0 Å². The Balaban J connectivity index is 3.79. The number of unbranched alkanes of at least 4 members (excludes halogenated alkanes) is 5. The minimum atomic E-state index is -0.0417. The molecule has 3 nitrogen and oxygen atoms in total. The van der Waals surface area contributed by atoms with E-state index < -0.39 is 0 Å². The molecule has 0 radical (unpaired) electrons. The Hall–Kier alpha value is -0.570. The largest absolute Gasteiger partial charge is 0.465 e. The maximum Gasteiger partial charge on any atom is 0.307 e. The number of hydrogen-bond donors (Lipinski definition) is 1. The molecule has 22 heavy (non-hydrogen) atoms. The lowest BCUT2D eigenvalue weighted by atomic mass is 9.96. The van der Waals surface area contributed by atoms with Gasteiger partial charge in [-0.05, 0) is 31.7 Å². The smallest absolute Gasteiger partial charge is 0.307 e. The molecular weight excluding hydrogens is 274 g/mol. The highest BCUT2D eigenvalue weighted by Gasteiger charge is 2.11. The van der Waals surface area contributed by atoms with Gasteiger partial charge >= 0.3 is 5.97 Å². The van der Waals surface area contributed by atoms with Crippen molar-refractivity contribution in [3.05, 3.63) is 0 Å². The molecule has 0 aromatic heterocycles. The molecule has 0 amide bonds.